The first kappa shape index (κ1) is 25.0. The SMILES string of the molecule is CC1CCC(CN=C(NC(=O)NC[C@H](C)C(=O)O)Nc2ccc(Oc3ccccn3)cc2)CC1. The predicted octanol–water partition coefficient (Wildman–Crippen LogP) is 4.49. The van der Waals surface area contributed by atoms with Crippen molar-refractivity contribution in [3.05, 3.63) is 48.7 Å². The number of nitrogens with one attached hydrogen (secondary N) is 3. The van der Waals surface area contributed by atoms with E-state index in [1.807, 2.05) is 24.3 Å². The lowest BCUT2D eigenvalue weighted by atomic mass is 9.83. The highest BCUT2D eigenvalue weighted by Gasteiger charge is 2.18. The molecular formula is C25H33N5O4. The molecule has 2 aromatic rings. The highest BCUT2D eigenvalue weighted by atomic mass is 16.5. The first-order chi connectivity index (χ1) is 16.4. The molecule has 9 heteroatoms. The summed E-state index contributed by atoms with van der Waals surface area (Å²) in [5.41, 5.74) is 0.726. The van der Waals surface area contributed by atoms with Crippen molar-refractivity contribution in [3.8, 4) is 11.6 Å². The minimum Gasteiger partial charge on any atom is -0.481 e. The van der Waals surface area contributed by atoms with Gasteiger partial charge in [-0.15, -0.1) is 0 Å². The van der Waals surface area contributed by atoms with Gasteiger partial charge in [-0.1, -0.05) is 32.8 Å². The first-order valence-corrected chi connectivity index (χ1v) is 11.7. The summed E-state index contributed by atoms with van der Waals surface area (Å²) in [6.45, 7) is 4.45. The van der Waals surface area contributed by atoms with Crippen LogP contribution in [0.3, 0.4) is 0 Å². The van der Waals surface area contributed by atoms with Gasteiger partial charge >= 0.3 is 12.0 Å². The van der Waals surface area contributed by atoms with Gasteiger partial charge < -0.3 is 20.5 Å². The average Bonchev–Trinajstić information content (AvgIpc) is 2.83. The van der Waals surface area contributed by atoms with Gasteiger partial charge in [0.2, 0.25) is 11.8 Å². The molecule has 1 aliphatic rings. The summed E-state index contributed by atoms with van der Waals surface area (Å²) in [4.78, 5) is 32.1. The zero-order valence-corrected chi connectivity index (χ0v) is 19.7. The normalized spacial score (nSPS) is 19.1. The fraction of sp³-hybridized carbons (Fsp3) is 0.440. The number of nitrogens with zero attached hydrogens (tertiary/aromatic N) is 2. The molecule has 34 heavy (non-hydrogen) atoms. The zero-order valence-electron chi connectivity index (χ0n) is 19.7. The topological polar surface area (TPSA) is 125 Å². The summed E-state index contributed by atoms with van der Waals surface area (Å²) in [5, 5.41) is 17.5. The summed E-state index contributed by atoms with van der Waals surface area (Å²) in [6, 6.07) is 12.2. The van der Waals surface area contributed by atoms with Crippen LogP contribution in [0.15, 0.2) is 53.7 Å². The highest BCUT2D eigenvalue weighted by Crippen LogP contribution is 2.28. The number of anilines is 1. The number of urea groups is 1. The van der Waals surface area contributed by atoms with Crippen molar-refractivity contribution in [1.29, 1.82) is 0 Å². The van der Waals surface area contributed by atoms with Crippen molar-refractivity contribution >= 4 is 23.6 Å². The molecule has 9 nitrogen and oxygen atoms in total. The maximum Gasteiger partial charge on any atom is 0.321 e. The van der Waals surface area contributed by atoms with Crippen molar-refractivity contribution in [2.45, 2.75) is 39.5 Å². The number of guanidine groups is 1. The molecule has 0 unspecified atom stereocenters. The number of rotatable bonds is 8. The summed E-state index contributed by atoms with van der Waals surface area (Å²) in [7, 11) is 0. The number of aliphatic carboxylic acids is 1. The maximum absolute atomic E-state index is 12.4. The van der Waals surface area contributed by atoms with Crippen LogP contribution < -0.4 is 20.7 Å². The zero-order chi connectivity index (χ0) is 24.3. The third-order valence-corrected chi connectivity index (χ3v) is 5.84. The molecule has 1 heterocycles. The summed E-state index contributed by atoms with van der Waals surface area (Å²) in [5.74, 6) is 1.04. The first-order valence-electron chi connectivity index (χ1n) is 11.7. The second-order valence-corrected chi connectivity index (χ2v) is 8.81. The van der Waals surface area contributed by atoms with Gasteiger partial charge in [0.1, 0.15) is 5.75 Å². The van der Waals surface area contributed by atoms with E-state index in [1.165, 1.54) is 19.8 Å². The molecule has 0 aliphatic heterocycles. The van der Waals surface area contributed by atoms with Gasteiger partial charge in [0.25, 0.3) is 0 Å². The molecule has 1 aromatic heterocycles. The van der Waals surface area contributed by atoms with Crippen molar-refractivity contribution in [3.63, 3.8) is 0 Å². The van der Waals surface area contributed by atoms with Crippen molar-refractivity contribution in [2.24, 2.45) is 22.7 Å². The Morgan fingerprint density at radius 3 is 2.53 bits per heavy atom. The molecule has 0 radical (unpaired) electrons. The molecule has 2 amide bonds. The van der Waals surface area contributed by atoms with Gasteiger partial charge in [0.15, 0.2) is 0 Å². The van der Waals surface area contributed by atoms with E-state index in [0.29, 0.717) is 30.1 Å². The largest absolute Gasteiger partial charge is 0.481 e. The van der Waals surface area contributed by atoms with Gasteiger partial charge in [0, 0.05) is 31.0 Å². The van der Waals surface area contributed by atoms with Crippen LogP contribution in [-0.2, 0) is 4.79 Å². The number of carboxylic acid groups (broad SMARTS) is 1. The maximum atomic E-state index is 12.4. The fourth-order valence-electron chi connectivity index (χ4n) is 3.60. The molecule has 1 aliphatic carbocycles. The van der Waals surface area contributed by atoms with E-state index >= 15 is 0 Å². The van der Waals surface area contributed by atoms with Crippen LogP contribution in [-0.4, -0.2) is 41.1 Å². The number of carbonyl (C=O) groups is 2. The van der Waals surface area contributed by atoms with Crippen LogP contribution in [0, 0.1) is 17.8 Å². The minimum absolute atomic E-state index is 0.0223. The number of hydrogen-bond donors (Lipinski definition) is 4. The standard InChI is InChI=1S/C25H33N5O4/c1-17-6-8-19(9-7-17)16-27-24(30-25(33)28-15-18(2)23(31)32)29-20-10-12-21(13-11-20)34-22-5-3-4-14-26-22/h3-5,10-14,17-19H,6-9,15-16H2,1-2H3,(H,31,32)(H3,27,28,29,30,33)/t17?,18-,19?/m0/s1. The van der Waals surface area contributed by atoms with E-state index < -0.39 is 17.9 Å². The number of amides is 2. The molecule has 4 N–H and O–H groups in total. The summed E-state index contributed by atoms with van der Waals surface area (Å²) < 4.78 is 5.72. The predicted molar refractivity (Wildman–Crippen MR) is 131 cm³/mol. The quantitative estimate of drug-likeness (QED) is 0.335. The Morgan fingerprint density at radius 2 is 1.88 bits per heavy atom. The van der Waals surface area contributed by atoms with Crippen LogP contribution in [0.5, 0.6) is 11.6 Å². The van der Waals surface area contributed by atoms with E-state index in [-0.39, 0.29) is 6.54 Å². The number of aromatic nitrogens is 1. The Morgan fingerprint density at radius 1 is 1.15 bits per heavy atom. The Hall–Kier alpha value is -3.62. The molecule has 0 bridgehead atoms. The van der Waals surface area contributed by atoms with Gasteiger partial charge in [-0.25, -0.2) is 9.78 Å². The number of carbonyl (C=O) groups excluding carboxylic acids is 1. The van der Waals surface area contributed by atoms with E-state index in [1.54, 1.807) is 24.4 Å². The summed E-state index contributed by atoms with van der Waals surface area (Å²) >= 11 is 0. The van der Waals surface area contributed by atoms with Gasteiger partial charge in [0.05, 0.1) is 5.92 Å². The molecule has 0 spiro atoms. The highest BCUT2D eigenvalue weighted by molar-refractivity contribution is 6.03. The lowest BCUT2D eigenvalue weighted by molar-refractivity contribution is -0.140. The van der Waals surface area contributed by atoms with Gasteiger partial charge in [-0.05, 0) is 55.0 Å². The smallest absolute Gasteiger partial charge is 0.321 e. The lowest BCUT2D eigenvalue weighted by Crippen LogP contribution is -2.44. The molecule has 1 saturated carbocycles. The fourth-order valence-corrected chi connectivity index (χ4v) is 3.60. The molecule has 0 saturated heterocycles. The second kappa shape index (κ2) is 12.6. The van der Waals surface area contributed by atoms with Gasteiger partial charge in [-0.2, -0.15) is 0 Å². The average molecular weight is 468 g/mol. The van der Waals surface area contributed by atoms with Crippen molar-refractivity contribution in [2.75, 3.05) is 18.4 Å². The molecule has 3 rings (SSSR count). The van der Waals surface area contributed by atoms with E-state index in [2.05, 4.69) is 32.9 Å². The van der Waals surface area contributed by atoms with Crippen molar-refractivity contribution in [1.82, 2.24) is 15.6 Å². The Kier molecular flexibility index (Phi) is 9.25. The number of ether oxygens (including phenoxy) is 1. The number of aliphatic imine (C=N–C) groups is 1. The van der Waals surface area contributed by atoms with Crippen LogP contribution in [0.4, 0.5) is 10.5 Å². The molecule has 182 valence electrons. The Labute approximate surface area is 200 Å². The van der Waals surface area contributed by atoms with Crippen LogP contribution in [0.25, 0.3) is 0 Å². The summed E-state index contributed by atoms with van der Waals surface area (Å²) in [6.07, 6.45) is 6.30. The third-order valence-electron chi connectivity index (χ3n) is 5.84. The molecule has 1 fully saturated rings. The number of carboxylic acids is 1. The lowest BCUT2D eigenvalue weighted by Gasteiger charge is -2.25. The van der Waals surface area contributed by atoms with Crippen molar-refractivity contribution < 1.29 is 19.4 Å². The minimum atomic E-state index is -0.966. The number of pyridine rings is 1. The monoisotopic (exact) mass is 467 g/mol. The molecule has 1 aromatic carbocycles. The molecular weight excluding hydrogens is 434 g/mol. The third kappa shape index (κ3) is 8.38. The van der Waals surface area contributed by atoms with Crippen LogP contribution in [0.2, 0.25) is 0 Å². The Balaban J connectivity index is 1.62. The van der Waals surface area contributed by atoms with E-state index in [9.17, 15) is 9.59 Å². The number of hydrogen-bond acceptors (Lipinski definition) is 5. The number of benzene rings is 1. The van der Waals surface area contributed by atoms with Crippen LogP contribution in [0.1, 0.15) is 39.5 Å². The molecule has 1 atom stereocenters. The Bertz CT molecular complexity index is 957. The second-order valence-electron chi connectivity index (χ2n) is 8.81. The van der Waals surface area contributed by atoms with Crippen LogP contribution >= 0.6 is 0 Å². The van der Waals surface area contributed by atoms with Gasteiger partial charge in [-0.3, -0.25) is 15.1 Å². The van der Waals surface area contributed by atoms with E-state index in [0.717, 1.165) is 24.4 Å². The van der Waals surface area contributed by atoms with E-state index in [4.69, 9.17) is 9.84 Å².